The highest BCUT2D eigenvalue weighted by Gasteiger charge is 2.18. The Kier molecular flexibility index (Phi) is 5.11. The van der Waals surface area contributed by atoms with Crippen molar-refractivity contribution >= 4 is 18.0 Å². The summed E-state index contributed by atoms with van der Waals surface area (Å²) in [7, 11) is 3.10. The van der Waals surface area contributed by atoms with Crippen molar-refractivity contribution in [1.29, 1.82) is 0 Å². The molecule has 0 fully saturated rings. The van der Waals surface area contributed by atoms with E-state index in [9.17, 15) is 0 Å². The molecule has 0 radical (unpaired) electrons. The molecule has 0 spiro atoms. The maximum atomic E-state index is 8.67. The normalized spacial score (nSPS) is 11.0. The predicted molar refractivity (Wildman–Crippen MR) is 100 cm³/mol. The fourth-order valence-corrected chi connectivity index (χ4v) is 2.72. The smallest absolute Gasteiger partial charge is 0.221 e. The number of furan rings is 1. The zero-order chi connectivity index (χ0) is 19.4. The van der Waals surface area contributed by atoms with E-state index < -0.39 is 0 Å². The lowest BCUT2D eigenvalue weighted by Crippen LogP contribution is -2.04. The van der Waals surface area contributed by atoms with Crippen LogP contribution < -0.4 is 20.9 Å². The Morgan fingerprint density at radius 1 is 1.22 bits per heavy atom. The first kappa shape index (κ1) is 18.1. The molecular formula is C18H19N5O4. The molecule has 5 N–H and O–H groups in total. The molecule has 0 atom stereocenters. The molecule has 9 nitrogen and oxygen atoms in total. The van der Waals surface area contributed by atoms with E-state index >= 15 is 0 Å². The van der Waals surface area contributed by atoms with Gasteiger partial charge < -0.3 is 30.6 Å². The van der Waals surface area contributed by atoms with Crippen molar-refractivity contribution in [2.45, 2.75) is 6.42 Å². The lowest BCUT2D eigenvalue weighted by Gasteiger charge is -2.14. The molecule has 0 amide bonds. The van der Waals surface area contributed by atoms with E-state index in [0.717, 1.165) is 11.1 Å². The van der Waals surface area contributed by atoms with Gasteiger partial charge in [-0.15, -0.1) is 0 Å². The molecule has 27 heavy (non-hydrogen) atoms. The van der Waals surface area contributed by atoms with Crippen molar-refractivity contribution in [3.8, 4) is 22.8 Å². The molecule has 0 bridgehead atoms. The minimum atomic E-state index is 0.123. The monoisotopic (exact) mass is 369 g/mol. The highest BCUT2D eigenvalue weighted by atomic mass is 16.5. The van der Waals surface area contributed by atoms with Crippen molar-refractivity contribution in [3.63, 3.8) is 0 Å². The summed E-state index contributed by atoms with van der Waals surface area (Å²) in [5, 5.41) is 11.6. The second-order valence-electron chi connectivity index (χ2n) is 5.64. The molecule has 140 valence electrons. The average Bonchev–Trinajstić information content (AvgIpc) is 3.12. The summed E-state index contributed by atoms with van der Waals surface area (Å²) in [6.45, 7) is 0. The Labute approximate surface area is 155 Å². The van der Waals surface area contributed by atoms with Crippen LogP contribution in [-0.2, 0) is 6.42 Å². The fourth-order valence-electron chi connectivity index (χ4n) is 2.72. The quantitative estimate of drug-likeness (QED) is 0.341. The fraction of sp³-hybridized carbons (Fsp3) is 0.167. The summed E-state index contributed by atoms with van der Waals surface area (Å²) < 4.78 is 16.7. The van der Waals surface area contributed by atoms with Gasteiger partial charge in [0.05, 0.1) is 19.8 Å². The SMILES string of the molecule is COc1cc(Cc2cnc(N)nc2N)cc(-c2ccc(C=NO)o2)c1OC. The number of hydrogen-bond donors (Lipinski definition) is 3. The number of ether oxygens (including phenoxy) is 2. The van der Waals surface area contributed by atoms with Crippen LogP contribution in [0.25, 0.3) is 11.3 Å². The van der Waals surface area contributed by atoms with E-state index in [0.29, 0.717) is 40.8 Å². The van der Waals surface area contributed by atoms with E-state index in [4.69, 9.17) is 30.6 Å². The molecule has 2 heterocycles. The zero-order valence-corrected chi connectivity index (χ0v) is 14.8. The third kappa shape index (κ3) is 3.76. The third-order valence-electron chi connectivity index (χ3n) is 3.93. The molecule has 9 heteroatoms. The van der Waals surface area contributed by atoms with Crippen LogP contribution in [0.5, 0.6) is 11.5 Å². The van der Waals surface area contributed by atoms with Gasteiger partial charge in [0.25, 0.3) is 0 Å². The van der Waals surface area contributed by atoms with Gasteiger partial charge >= 0.3 is 0 Å². The number of hydrogen-bond acceptors (Lipinski definition) is 9. The summed E-state index contributed by atoms with van der Waals surface area (Å²) in [5.74, 6) is 2.42. The lowest BCUT2D eigenvalue weighted by atomic mass is 10.0. The summed E-state index contributed by atoms with van der Waals surface area (Å²) in [6, 6.07) is 7.17. The third-order valence-corrected chi connectivity index (χ3v) is 3.93. The number of oxime groups is 1. The molecule has 0 aliphatic rings. The second-order valence-corrected chi connectivity index (χ2v) is 5.64. The minimum Gasteiger partial charge on any atom is -0.493 e. The average molecular weight is 369 g/mol. The van der Waals surface area contributed by atoms with Crippen LogP contribution in [0.4, 0.5) is 11.8 Å². The molecular weight excluding hydrogens is 350 g/mol. The zero-order valence-electron chi connectivity index (χ0n) is 14.8. The Morgan fingerprint density at radius 3 is 2.70 bits per heavy atom. The van der Waals surface area contributed by atoms with E-state index in [1.807, 2.05) is 12.1 Å². The van der Waals surface area contributed by atoms with Gasteiger partial charge in [0.2, 0.25) is 5.95 Å². The van der Waals surface area contributed by atoms with E-state index in [-0.39, 0.29) is 5.95 Å². The molecule has 0 saturated carbocycles. The first-order chi connectivity index (χ1) is 13.0. The molecule has 3 aromatic rings. The number of nitrogens with zero attached hydrogens (tertiary/aromatic N) is 3. The van der Waals surface area contributed by atoms with Crippen LogP contribution in [0.3, 0.4) is 0 Å². The molecule has 0 aliphatic heterocycles. The summed E-state index contributed by atoms with van der Waals surface area (Å²) in [5.41, 5.74) is 13.8. The van der Waals surface area contributed by atoms with Crippen molar-refractivity contribution in [2.75, 3.05) is 25.7 Å². The largest absolute Gasteiger partial charge is 0.493 e. The number of rotatable bonds is 6. The minimum absolute atomic E-state index is 0.123. The van der Waals surface area contributed by atoms with Gasteiger partial charge in [0.15, 0.2) is 11.5 Å². The first-order valence-corrected chi connectivity index (χ1v) is 7.95. The molecule has 2 aromatic heterocycles. The van der Waals surface area contributed by atoms with Crippen LogP contribution in [-0.4, -0.2) is 35.6 Å². The first-order valence-electron chi connectivity index (χ1n) is 7.95. The van der Waals surface area contributed by atoms with Gasteiger partial charge in [-0.25, -0.2) is 4.98 Å². The van der Waals surface area contributed by atoms with Crippen molar-refractivity contribution in [3.05, 3.63) is 47.3 Å². The molecule has 0 aliphatic carbocycles. The number of benzene rings is 1. The van der Waals surface area contributed by atoms with E-state index in [1.165, 1.54) is 6.21 Å². The van der Waals surface area contributed by atoms with Crippen LogP contribution >= 0.6 is 0 Å². The van der Waals surface area contributed by atoms with Crippen LogP contribution in [0.15, 0.2) is 40.0 Å². The van der Waals surface area contributed by atoms with Gasteiger partial charge in [0, 0.05) is 18.2 Å². The maximum absolute atomic E-state index is 8.67. The van der Waals surface area contributed by atoms with Gasteiger partial charge in [-0.3, -0.25) is 0 Å². The van der Waals surface area contributed by atoms with Crippen molar-refractivity contribution < 1.29 is 19.1 Å². The molecule has 0 saturated heterocycles. The topological polar surface area (TPSA) is 142 Å². The maximum Gasteiger partial charge on any atom is 0.221 e. The van der Waals surface area contributed by atoms with Gasteiger partial charge in [-0.05, 0) is 29.8 Å². The van der Waals surface area contributed by atoms with Gasteiger partial charge in [-0.2, -0.15) is 4.98 Å². The van der Waals surface area contributed by atoms with E-state index in [2.05, 4.69) is 15.1 Å². The van der Waals surface area contributed by atoms with Crippen molar-refractivity contribution in [2.24, 2.45) is 5.16 Å². The number of methoxy groups -OCH3 is 2. The van der Waals surface area contributed by atoms with Crippen LogP contribution in [0.2, 0.25) is 0 Å². The number of nitrogens with two attached hydrogens (primary N) is 2. The Bertz CT molecular complexity index is 984. The number of anilines is 2. The Hall–Kier alpha value is -3.75. The Balaban J connectivity index is 2.07. The van der Waals surface area contributed by atoms with Gasteiger partial charge in [-0.1, -0.05) is 5.16 Å². The van der Waals surface area contributed by atoms with Gasteiger partial charge in [0.1, 0.15) is 23.6 Å². The standard InChI is InChI=1S/C18H19N5O4/c1-25-15-7-10(5-11-8-21-18(20)23-17(11)19)6-13(16(15)26-2)14-4-3-12(27-14)9-22-24/h3-4,6-9,24H,5H2,1-2H3,(H4,19,20,21,23). The van der Waals surface area contributed by atoms with Crippen LogP contribution in [0, 0.1) is 0 Å². The summed E-state index contributed by atoms with van der Waals surface area (Å²) >= 11 is 0. The number of nitrogen functional groups attached to an aromatic ring is 2. The summed E-state index contributed by atoms with van der Waals surface area (Å²) in [6.07, 6.45) is 3.26. The molecule has 1 aromatic carbocycles. The Morgan fingerprint density at radius 2 is 2.04 bits per heavy atom. The lowest BCUT2D eigenvalue weighted by molar-refractivity contribution is 0.320. The van der Waals surface area contributed by atoms with Crippen LogP contribution in [0.1, 0.15) is 16.9 Å². The summed E-state index contributed by atoms with van der Waals surface area (Å²) in [4.78, 5) is 7.97. The van der Waals surface area contributed by atoms with E-state index in [1.54, 1.807) is 32.5 Å². The molecule has 0 unspecified atom stereocenters. The molecule has 3 rings (SSSR count). The predicted octanol–water partition coefficient (Wildman–Crippen LogP) is 2.32. The highest BCUT2D eigenvalue weighted by molar-refractivity contribution is 5.78. The number of aromatic nitrogens is 2. The second kappa shape index (κ2) is 7.65. The highest BCUT2D eigenvalue weighted by Crippen LogP contribution is 2.40. The van der Waals surface area contributed by atoms with Crippen molar-refractivity contribution in [1.82, 2.24) is 9.97 Å².